The summed E-state index contributed by atoms with van der Waals surface area (Å²) in [6, 6.07) is 10.6. The first-order chi connectivity index (χ1) is 9.07. The van der Waals surface area contributed by atoms with Gasteiger partial charge in [0, 0.05) is 17.0 Å². The fourth-order valence-electron chi connectivity index (χ4n) is 3.18. The number of hydrogen-bond donors (Lipinski definition) is 0. The number of rotatable bonds is 1. The molecule has 0 spiro atoms. The van der Waals surface area contributed by atoms with Crippen LogP contribution in [0.5, 0.6) is 0 Å². The van der Waals surface area contributed by atoms with Crippen molar-refractivity contribution < 1.29 is 0 Å². The SMILES string of the molecule is CC1=CC(C)(c2cnc3ccccc3c2)CC(C)=C1. The Labute approximate surface area is 114 Å². The number of aromatic nitrogens is 1. The first-order valence-corrected chi connectivity index (χ1v) is 6.79. The first kappa shape index (κ1) is 12.2. The van der Waals surface area contributed by atoms with Crippen molar-refractivity contribution in [3.05, 3.63) is 65.4 Å². The molecule has 0 saturated carbocycles. The molecule has 1 heteroatoms. The number of nitrogens with zero attached hydrogens (tertiary/aromatic N) is 1. The fraction of sp³-hybridized carbons (Fsp3) is 0.278. The summed E-state index contributed by atoms with van der Waals surface area (Å²) in [5.41, 5.74) is 5.23. The summed E-state index contributed by atoms with van der Waals surface area (Å²) in [5.74, 6) is 0. The maximum Gasteiger partial charge on any atom is 0.0702 e. The van der Waals surface area contributed by atoms with E-state index in [1.807, 2.05) is 12.3 Å². The van der Waals surface area contributed by atoms with Crippen LogP contribution in [0.2, 0.25) is 0 Å². The van der Waals surface area contributed by atoms with E-state index in [4.69, 9.17) is 0 Å². The maximum absolute atomic E-state index is 4.60. The zero-order valence-electron chi connectivity index (χ0n) is 11.8. The van der Waals surface area contributed by atoms with E-state index in [9.17, 15) is 0 Å². The lowest BCUT2D eigenvalue weighted by Gasteiger charge is -2.31. The highest BCUT2D eigenvalue weighted by Gasteiger charge is 2.27. The van der Waals surface area contributed by atoms with Gasteiger partial charge in [0.2, 0.25) is 0 Å². The summed E-state index contributed by atoms with van der Waals surface area (Å²) >= 11 is 0. The molecule has 0 N–H and O–H groups in total. The number of pyridine rings is 1. The first-order valence-electron chi connectivity index (χ1n) is 6.79. The Morgan fingerprint density at radius 3 is 2.74 bits per heavy atom. The zero-order valence-corrected chi connectivity index (χ0v) is 11.8. The second-order valence-corrected chi connectivity index (χ2v) is 5.89. The van der Waals surface area contributed by atoms with Crippen LogP contribution in [0.4, 0.5) is 0 Å². The topological polar surface area (TPSA) is 12.9 Å². The highest BCUT2D eigenvalue weighted by molar-refractivity contribution is 5.79. The van der Waals surface area contributed by atoms with Crippen molar-refractivity contribution in [2.45, 2.75) is 32.6 Å². The van der Waals surface area contributed by atoms with Gasteiger partial charge < -0.3 is 0 Å². The molecule has 1 heterocycles. The molecular formula is C18H19N. The number of allylic oxidation sites excluding steroid dienone is 4. The standard InChI is InChI=1S/C18H19N/c1-13-8-14(2)11-18(3,10-13)16-9-15-6-4-5-7-17(15)19-12-16/h4-10,12H,11H2,1-3H3. The van der Waals surface area contributed by atoms with E-state index in [2.05, 4.69) is 62.2 Å². The van der Waals surface area contributed by atoms with Crippen LogP contribution in [0.25, 0.3) is 10.9 Å². The van der Waals surface area contributed by atoms with Crippen LogP contribution in [-0.4, -0.2) is 4.98 Å². The lowest BCUT2D eigenvalue weighted by Crippen LogP contribution is -2.22. The number of fused-ring (bicyclic) bond motifs is 1. The predicted molar refractivity (Wildman–Crippen MR) is 81.2 cm³/mol. The van der Waals surface area contributed by atoms with Gasteiger partial charge in [0.15, 0.2) is 0 Å². The number of benzene rings is 1. The van der Waals surface area contributed by atoms with Crippen molar-refractivity contribution in [3.8, 4) is 0 Å². The largest absolute Gasteiger partial charge is 0.256 e. The van der Waals surface area contributed by atoms with E-state index in [0.717, 1.165) is 11.9 Å². The van der Waals surface area contributed by atoms with Crippen molar-refractivity contribution in [1.82, 2.24) is 4.98 Å². The molecule has 1 atom stereocenters. The Morgan fingerprint density at radius 2 is 1.95 bits per heavy atom. The van der Waals surface area contributed by atoms with E-state index in [1.54, 1.807) is 0 Å². The molecule has 0 fully saturated rings. The Bertz CT molecular complexity index is 694. The summed E-state index contributed by atoms with van der Waals surface area (Å²) in [7, 11) is 0. The third-order valence-electron chi connectivity index (χ3n) is 3.92. The monoisotopic (exact) mass is 249 g/mol. The summed E-state index contributed by atoms with van der Waals surface area (Å²) in [6.07, 6.45) is 7.75. The van der Waals surface area contributed by atoms with Crippen LogP contribution >= 0.6 is 0 Å². The van der Waals surface area contributed by atoms with Crippen molar-refractivity contribution in [2.24, 2.45) is 0 Å². The average molecular weight is 249 g/mol. The molecule has 3 rings (SSSR count). The molecule has 1 aliphatic rings. The minimum atomic E-state index is 0.0694. The molecule has 1 nitrogen and oxygen atoms in total. The van der Waals surface area contributed by atoms with Gasteiger partial charge in [-0.15, -0.1) is 0 Å². The van der Waals surface area contributed by atoms with E-state index >= 15 is 0 Å². The number of para-hydroxylation sites is 1. The van der Waals surface area contributed by atoms with Gasteiger partial charge in [-0.05, 0) is 38.0 Å². The highest BCUT2D eigenvalue weighted by atomic mass is 14.7. The van der Waals surface area contributed by atoms with Crippen molar-refractivity contribution in [2.75, 3.05) is 0 Å². The zero-order chi connectivity index (χ0) is 13.5. The summed E-state index contributed by atoms with van der Waals surface area (Å²) in [5, 5.41) is 1.22. The van der Waals surface area contributed by atoms with Crippen LogP contribution in [0.1, 0.15) is 32.8 Å². The second kappa shape index (κ2) is 4.34. The normalized spacial score (nSPS) is 23.1. The second-order valence-electron chi connectivity index (χ2n) is 5.89. The highest BCUT2D eigenvalue weighted by Crippen LogP contribution is 2.37. The van der Waals surface area contributed by atoms with Gasteiger partial charge in [-0.2, -0.15) is 0 Å². The van der Waals surface area contributed by atoms with Gasteiger partial charge in [-0.25, -0.2) is 0 Å². The molecule has 0 amide bonds. The van der Waals surface area contributed by atoms with Crippen LogP contribution in [-0.2, 0) is 5.41 Å². The summed E-state index contributed by atoms with van der Waals surface area (Å²) < 4.78 is 0. The van der Waals surface area contributed by atoms with Crippen LogP contribution in [0, 0.1) is 0 Å². The van der Waals surface area contributed by atoms with Gasteiger partial charge in [0.25, 0.3) is 0 Å². The van der Waals surface area contributed by atoms with Gasteiger partial charge in [0.05, 0.1) is 5.52 Å². The van der Waals surface area contributed by atoms with Crippen molar-refractivity contribution >= 4 is 10.9 Å². The Hall–Kier alpha value is -1.89. The van der Waals surface area contributed by atoms with Crippen LogP contribution < -0.4 is 0 Å². The smallest absolute Gasteiger partial charge is 0.0702 e. The Morgan fingerprint density at radius 1 is 1.16 bits per heavy atom. The number of hydrogen-bond acceptors (Lipinski definition) is 1. The summed E-state index contributed by atoms with van der Waals surface area (Å²) in [6.45, 7) is 6.69. The van der Waals surface area contributed by atoms with Gasteiger partial charge in [0.1, 0.15) is 0 Å². The predicted octanol–water partition coefficient (Wildman–Crippen LogP) is 4.79. The van der Waals surface area contributed by atoms with E-state index < -0.39 is 0 Å². The minimum absolute atomic E-state index is 0.0694. The van der Waals surface area contributed by atoms with Gasteiger partial charge in [-0.3, -0.25) is 4.98 Å². The fourth-order valence-corrected chi connectivity index (χ4v) is 3.18. The molecule has 1 aromatic heterocycles. The van der Waals surface area contributed by atoms with E-state index in [1.165, 1.54) is 22.1 Å². The van der Waals surface area contributed by atoms with Crippen molar-refractivity contribution in [3.63, 3.8) is 0 Å². The Balaban J connectivity index is 2.11. The van der Waals surface area contributed by atoms with Gasteiger partial charge in [-0.1, -0.05) is 48.4 Å². The molecule has 1 aliphatic carbocycles. The van der Waals surface area contributed by atoms with Crippen LogP contribution in [0.3, 0.4) is 0 Å². The average Bonchev–Trinajstić information content (AvgIpc) is 2.36. The molecule has 2 aromatic rings. The molecule has 96 valence electrons. The van der Waals surface area contributed by atoms with E-state index in [-0.39, 0.29) is 5.41 Å². The lowest BCUT2D eigenvalue weighted by atomic mass is 9.74. The quantitative estimate of drug-likeness (QED) is 0.708. The van der Waals surface area contributed by atoms with Gasteiger partial charge >= 0.3 is 0 Å². The molecule has 0 saturated heterocycles. The molecule has 1 aromatic carbocycles. The maximum atomic E-state index is 4.60. The van der Waals surface area contributed by atoms with Crippen molar-refractivity contribution in [1.29, 1.82) is 0 Å². The minimum Gasteiger partial charge on any atom is -0.256 e. The molecule has 0 bridgehead atoms. The molecular weight excluding hydrogens is 230 g/mol. The Kier molecular flexibility index (Phi) is 2.78. The molecule has 19 heavy (non-hydrogen) atoms. The van der Waals surface area contributed by atoms with E-state index in [0.29, 0.717) is 0 Å². The lowest BCUT2D eigenvalue weighted by molar-refractivity contribution is 0.574. The summed E-state index contributed by atoms with van der Waals surface area (Å²) in [4.78, 5) is 4.60. The van der Waals surface area contributed by atoms with Crippen LogP contribution in [0.15, 0.2) is 59.8 Å². The molecule has 1 unspecified atom stereocenters. The molecule has 0 radical (unpaired) electrons. The molecule has 0 aliphatic heterocycles. The third kappa shape index (κ3) is 2.21. The third-order valence-corrected chi connectivity index (χ3v) is 3.92.